The van der Waals surface area contributed by atoms with E-state index in [0.717, 1.165) is 16.6 Å². The zero-order chi connectivity index (χ0) is 16.9. The molecule has 0 bridgehead atoms. The van der Waals surface area contributed by atoms with Crippen molar-refractivity contribution in [2.24, 2.45) is 0 Å². The van der Waals surface area contributed by atoms with Gasteiger partial charge in [-0.1, -0.05) is 12.1 Å². The maximum atomic E-state index is 11.9. The molecule has 0 fully saturated rings. The van der Waals surface area contributed by atoms with Gasteiger partial charge in [0.2, 0.25) is 0 Å². The van der Waals surface area contributed by atoms with Crippen molar-refractivity contribution in [2.75, 3.05) is 11.9 Å². The van der Waals surface area contributed by atoms with Gasteiger partial charge < -0.3 is 20.7 Å². The van der Waals surface area contributed by atoms with Crippen LogP contribution < -0.4 is 10.6 Å². The van der Waals surface area contributed by atoms with Crippen LogP contribution in [0.4, 0.5) is 5.69 Å². The fourth-order valence-corrected chi connectivity index (χ4v) is 2.26. The van der Waals surface area contributed by atoms with Gasteiger partial charge in [-0.25, -0.2) is 4.98 Å². The van der Waals surface area contributed by atoms with Crippen molar-refractivity contribution in [3.05, 3.63) is 54.4 Å². The van der Waals surface area contributed by atoms with Crippen molar-refractivity contribution in [3.8, 4) is 5.75 Å². The molecule has 3 aromatic rings. The molecule has 0 unspecified atom stereocenters. The number of benzene rings is 2. The molecular weight excluding hydrogens is 308 g/mol. The molecule has 7 nitrogen and oxygen atoms in total. The van der Waals surface area contributed by atoms with Crippen molar-refractivity contribution in [1.82, 2.24) is 15.3 Å². The smallest absolute Gasteiger partial charge is 0.313 e. The Morgan fingerprint density at radius 1 is 1.08 bits per heavy atom. The number of aromatic amines is 1. The molecule has 0 atom stereocenters. The number of phenols is 1. The Bertz CT molecular complexity index is 871. The van der Waals surface area contributed by atoms with Gasteiger partial charge in [0, 0.05) is 12.2 Å². The minimum absolute atomic E-state index is 0.191. The van der Waals surface area contributed by atoms with Crippen LogP contribution in [-0.2, 0) is 16.0 Å². The second-order valence-corrected chi connectivity index (χ2v) is 5.26. The highest BCUT2D eigenvalue weighted by Gasteiger charge is 2.13. The first-order chi connectivity index (χ1) is 11.6. The number of hydrogen-bond donors (Lipinski definition) is 4. The van der Waals surface area contributed by atoms with Crippen molar-refractivity contribution < 1.29 is 14.7 Å². The van der Waals surface area contributed by atoms with E-state index in [2.05, 4.69) is 20.6 Å². The van der Waals surface area contributed by atoms with Crippen LogP contribution in [0, 0.1) is 0 Å². The van der Waals surface area contributed by atoms with Gasteiger partial charge in [-0.3, -0.25) is 9.59 Å². The minimum Gasteiger partial charge on any atom is -0.508 e. The summed E-state index contributed by atoms with van der Waals surface area (Å²) in [5.41, 5.74) is 3.04. The second-order valence-electron chi connectivity index (χ2n) is 5.26. The third-order valence-electron chi connectivity index (χ3n) is 3.52. The average molecular weight is 324 g/mol. The van der Waals surface area contributed by atoms with E-state index in [9.17, 15) is 14.7 Å². The molecule has 0 saturated heterocycles. The van der Waals surface area contributed by atoms with Crippen LogP contribution in [0.2, 0.25) is 0 Å². The van der Waals surface area contributed by atoms with Crippen LogP contribution in [0.5, 0.6) is 5.75 Å². The number of hydrogen-bond acceptors (Lipinski definition) is 4. The molecule has 1 aromatic heterocycles. The van der Waals surface area contributed by atoms with E-state index in [1.165, 1.54) is 0 Å². The summed E-state index contributed by atoms with van der Waals surface area (Å²) in [6, 6.07) is 11.8. The molecule has 3 rings (SSSR count). The Kier molecular flexibility index (Phi) is 4.42. The van der Waals surface area contributed by atoms with Crippen LogP contribution in [0.15, 0.2) is 48.8 Å². The average Bonchev–Trinajstić information content (AvgIpc) is 3.04. The molecule has 4 N–H and O–H groups in total. The SMILES string of the molecule is O=C(NCCc1ccc(O)cc1)C(=O)Nc1ccc2nc[nH]c2c1. The third kappa shape index (κ3) is 3.70. The molecule has 0 spiro atoms. The summed E-state index contributed by atoms with van der Waals surface area (Å²) in [6.45, 7) is 0.330. The Labute approximate surface area is 137 Å². The highest BCUT2D eigenvalue weighted by molar-refractivity contribution is 6.39. The summed E-state index contributed by atoms with van der Waals surface area (Å²) >= 11 is 0. The van der Waals surface area contributed by atoms with Gasteiger partial charge in [-0.05, 0) is 42.3 Å². The van der Waals surface area contributed by atoms with E-state index in [1.54, 1.807) is 48.8 Å². The Morgan fingerprint density at radius 3 is 2.67 bits per heavy atom. The van der Waals surface area contributed by atoms with Crippen LogP contribution in [0.25, 0.3) is 11.0 Å². The van der Waals surface area contributed by atoms with Gasteiger partial charge in [0.05, 0.1) is 17.4 Å². The summed E-state index contributed by atoms with van der Waals surface area (Å²) in [5, 5.41) is 14.3. The lowest BCUT2D eigenvalue weighted by atomic mass is 10.1. The fourth-order valence-electron chi connectivity index (χ4n) is 2.26. The third-order valence-corrected chi connectivity index (χ3v) is 3.52. The van der Waals surface area contributed by atoms with Crippen molar-refractivity contribution in [1.29, 1.82) is 0 Å². The number of nitrogens with one attached hydrogen (secondary N) is 3. The molecule has 24 heavy (non-hydrogen) atoms. The van der Waals surface area contributed by atoms with Crippen LogP contribution >= 0.6 is 0 Å². The maximum Gasteiger partial charge on any atom is 0.313 e. The summed E-state index contributed by atoms with van der Waals surface area (Å²) < 4.78 is 0. The number of carbonyl (C=O) groups excluding carboxylic acids is 2. The monoisotopic (exact) mass is 324 g/mol. The van der Waals surface area contributed by atoms with Gasteiger partial charge in [-0.15, -0.1) is 0 Å². The number of carbonyl (C=O) groups is 2. The van der Waals surface area contributed by atoms with E-state index in [0.29, 0.717) is 18.7 Å². The first-order valence-electron chi connectivity index (χ1n) is 7.42. The molecule has 0 aliphatic heterocycles. The van der Waals surface area contributed by atoms with Crippen LogP contribution in [-0.4, -0.2) is 33.4 Å². The molecule has 1 heterocycles. The normalized spacial score (nSPS) is 10.5. The number of amides is 2. The Morgan fingerprint density at radius 2 is 1.88 bits per heavy atom. The Hall–Kier alpha value is -3.35. The zero-order valence-corrected chi connectivity index (χ0v) is 12.7. The second kappa shape index (κ2) is 6.82. The molecule has 7 heteroatoms. The number of phenolic OH excluding ortho intramolecular Hbond substituents is 1. The van der Waals surface area contributed by atoms with Crippen molar-refractivity contribution in [2.45, 2.75) is 6.42 Å². The highest BCUT2D eigenvalue weighted by Crippen LogP contribution is 2.15. The Balaban J connectivity index is 1.50. The molecule has 2 amide bonds. The zero-order valence-electron chi connectivity index (χ0n) is 12.7. The molecule has 2 aromatic carbocycles. The van der Waals surface area contributed by atoms with Gasteiger partial charge in [0.15, 0.2) is 0 Å². The molecular formula is C17H16N4O3. The first kappa shape index (κ1) is 15.5. The number of H-pyrrole nitrogens is 1. The van der Waals surface area contributed by atoms with Crippen molar-refractivity contribution in [3.63, 3.8) is 0 Å². The van der Waals surface area contributed by atoms with E-state index >= 15 is 0 Å². The first-order valence-corrected chi connectivity index (χ1v) is 7.42. The standard InChI is InChI=1S/C17H16N4O3/c22-13-4-1-11(2-5-13)7-8-18-16(23)17(24)21-12-3-6-14-15(9-12)20-10-19-14/h1-6,9-10,22H,7-8H2,(H,18,23)(H,19,20)(H,21,24). The number of fused-ring (bicyclic) bond motifs is 1. The number of anilines is 1. The minimum atomic E-state index is -0.723. The van der Waals surface area contributed by atoms with Gasteiger partial charge >= 0.3 is 11.8 Å². The predicted octanol–water partition coefficient (Wildman–Crippen LogP) is 1.57. The summed E-state index contributed by atoms with van der Waals surface area (Å²) in [7, 11) is 0. The highest BCUT2D eigenvalue weighted by atomic mass is 16.3. The molecule has 0 aliphatic carbocycles. The molecule has 0 aliphatic rings. The maximum absolute atomic E-state index is 11.9. The molecule has 0 radical (unpaired) electrons. The number of imidazole rings is 1. The quantitative estimate of drug-likeness (QED) is 0.546. The lowest BCUT2D eigenvalue weighted by Gasteiger charge is -2.07. The number of aromatic nitrogens is 2. The molecule has 0 saturated carbocycles. The van der Waals surface area contributed by atoms with Crippen molar-refractivity contribution >= 4 is 28.5 Å². The van der Waals surface area contributed by atoms with Gasteiger partial charge in [0.25, 0.3) is 0 Å². The predicted molar refractivity (Wildman–Crippen MR) is 89.5 cm³/mol. The van der Waals surface area contributed by atoms with Gasteiger partial charge in [0.1, 0.15) is 5.75 Å². The van der Waals surface area contributed by atoms with E-state index in [-0.39, 0.29) is 5.75 Å². The van der Waals surface area contributed by atoms with Gasteiger partial charge in [-0.2, -0.15) is 0 Å². The number of aromatic hydroxyl groups is 1. The number of nitrogens with zero attached hydrogens (tertiary/aromatic N) is 1. The fraction of sp³-hybridized carbons (Fsp3) is 0.118. The van der Waals surface area contributed by atoms with E-state index < -0.39 is 11.8 Å². The lowest BCUT2D eigenvalue weighted by Crippen LogP contribution is -2.36. The topological polar surface area (TPSA) is 107 Å². The summed E-state index contributed by atoms with van der Waals surface area (Å²) in [6.07, 6.45) is 2.13. The van der Waals surface area contributed by atoms with E-state index in [4.69, 9.17) is 0 Å². The van der Waals surface area contributed by atoms with Crippen LogP contribution in [0.3, 0.4) is 0 Å². The van der Waals surface area contributed by atoms with Crippen LogP contribution in [0.1, 0.15) is 5.56 Å². The largest absolute Gasteiger partial charge is 0.508 e. The lowest BCUT2D eigenvalue weighted by molar-refractivity contribution is -0.136. The molecule has 122 valence electrons. The number of rotatable bonds is 4. The summed E-state index contributed by atoms with van der Waals surface area (Å²) in [4.78, 5) is 30.7. The van der Waals surface area contributed by atoms with E-state index in [1.807, 2.05) is 0 Å². The summed E-state index contributed by atoms with van der Waals surface area (Å²) in [5.74, 6) is -1.23.